The highest BCUT2D eigenvalue weighted by atomic mass is 32.2. The zero-order valence-electron chi connectivity index (χ0n) is 10.1. The van der Waals surface area contributed by atoms with E-state index in [0.29, 0.717) is 17.4 Å². The maximum atomic E-state index is 13.0. The summed E-state index contributed by atoms with van der Waals surface area (Å²) in [5, 5.41) is 6.12. The summed E-state index contributed by atoms with van der Waals surface area (Å²) in [5.41, 5.74) is 6.08. The molecule has 0 fully saturated rings. The van der Waals surface area contributed by atoms with E-state index < -0.39 is 17.5 Å². The Balaban J connectivity index is 2.31. The summed E-state index contributed by atoms with van der Waals surface area (Å²) < 4.78 is 40.5. The topological polar surface area (TPSA) is 56.2 Å². The molecule has 2 aromatic rings. The van der Waals surface area contributed by atoms with Crippen LogP contribution in [0.3, 0.4) is 0 Å². The lowest BCUT2D eigenvalue weighted by molar-refractivity contribution is -0.132. The van der Waals surface area contributed by atoms with Crippen molar-refractivity contribution in [3.63, 3.8) is 0 Å². The number of fused-ring (bicyclic) bond motifs is 1. The SMILES string of the molecule is CCC(N)C(Sc1nnc2ccccn12)C(F)(F)F. The Labute approximate surface area is 112 Å². The highest BCUT2D eigenvalue weighted by Crippen LogP contribution is 2.36. The van der Waals surface area contributed by atoms with E-state index in [-0.39, 0.29) is 11.6 Å². The van der Waals surface area contributed by atoms with Crippen molar-refractivity contribution in [2.45, 2.75) is 36.0 Å². The van der Waals surface area contributed by atoms with E-state index >= 15 is 0 Å². The number of pyridine rings is 1. The van der Waals surface area contributed by atoms with E-state index in [1.807, 2.05) is 0 Å². The van der Waals surface area contributed by atoms with Crippen LogP contribution < -0.4 is 5.73 Å². The molecular formula is C11H13F3N4S. The quantitative estimate of drug-likeness (QED) is 0.879. The second-order valence-electron chi connectivity index (χ2n) is 4.06. The van der Waals surface area contributed by atoms with Crippen LogP contribution in [0.1, 0.15) is 13.3 Å². The third kappa shape index (κ3) is 3.01. The van der Waals surface area contributed by atoms with E-state index in [1.54, 1.807) is 31.3 Å². The van der Waals surface area contributed by atoms with Gasteiger partial charge in [0.05, 0.1) is 0 Å². The minimum Gasteiger partial charge on any atom is -0.326 e. The summed E-state index contributed by atoms with van der Waals surface area (Å²) >= 11 is 0.604. The number of thioether (sulfide) groups is 1. The molecule has 0 aliphatic carbocycles. The molecule has 8 heteroatoms. The van der Waals surface area contributed by atoms with E-state index in [2.05, 4.69) is 10.2 Å². The molecule has 2 N–H and O–H groups in total. The van der Waals surface area contributed by atoms with Gasteiger partial charge in [-0.05, 0) is 18.6 Å². The zero-order chi connectivity index (χ0) is 14.0. The van der Waals surface area contributed by atoms with Crippen molar-refractivity contribution in [3.8, 4) is 0 Å². The highest BCUT2D eigenvalue weighted by Gasteiger charge is 2.44. The minimum absolute atomic E-state index is 0.196. The second-order valence-corrected chi connectivity index (χ2v) is 5.17. The van der Waals surface area contributed by atoms with Crippen molar-refractivity contribution < 1.29 is 13.2 Å². The molecular weight excluding hydrogens is 277 g/mol. The van der Waals surface area contributed by atoms with Gasteiger partial charge < -0.3 is 5.73 Å². The van der Waals surface area contributed by atoms with Crippen LogP contribution in [0, 0.1) is 0 Å². The average Bonchev–Trinajstić information content (AvgIpc) is 2.77. The summed E-state index contributed by atoms with van der Waals surface area (Å²) in [6.45, 7) is 1.63. The van der Waals surface area contributed by atoms with Crippen LogP contribution >= 0.6 is 11.8 Å². The van der Waals surface area contributed by atoms with Crippen LogP contribution in [0.4, 0.5) is 13.2 Å². The van der Waals surface area contributed by atoms with Crippen LogP contribution in [-0.2, 0) is 0 Å². The van der Waals surface area contributed by atoms with Crippen LogP contribution in [0.25, 0.3) is 5.65 Å². The Morgan fingerprint density at radius 1 is 1.37 bits per heavy atom. The molecule has 2 rings (SSSR count). The highest BCUT2D eigenvalue weighted by molar-refractivity contribution is 7.99. The van der Waals surface area contributed by atoms with Gasteiger partial charge in [0.2, 0.25) is 0 Å². The molecule has 19 heavy (non-hydrogen) atoms. The zero-order valence-corrected chi connectivity index (χ0v) is 10.9. The third-order valence-corrected chi connectivity index (χ3v) is 4.06. The predicted molar refractivity (Wildman–Crippen MR) is 67.0 cm³/mol. The fraction of sp³-hybridized carbons (Fsp3) is 0.455. The van der Waals surface area contributed by atoms with Gasteiger partial charge in [-0.2, -0.15) is 13.2 Å². The van der Waals surface area contributed by atoms with Crippen molar-refractivity contribution in [3.05, 3.63) is 24.4 Å². The number of hydrogen-bond acceptors (Lipinski definition) is 4. The standard InChI is InChI=1S/C11H13F3N4S/c1-2-7(15)9(11(12,13)14)19-10-17-16-8-5-3-4-6-18(8)10/h3-7,9H,2,15H2,1H3. The summed E-state index contributed by atoms with van der Waals surface area (Å²) in [6, 6.07) is 4.17. The van der Waals surface area contributed by atoms with Gasteiger partial charge in [-0.15, -0.1) is 10.2 Å². The Morgan fingerprint density at radius 3 is 2.74 bits per heavy atom. The summed E-state index contributed by atoms with van der Waals surface area (Å²) in [6.07, 6.45) is -2.50. The summed E-state index contributed by atoms with van der Waals surface area (Å²) in [4.78, 5) is 0. The van der Waals surface area contributed by atoms with Crippen LogP contribution in [0.5, 0.6) is 0 Å². The molecule has 104 valence electrons. The van der Waals surface area contributed by atoms with E-state index in [0.717, 1.165) is 0 Å². The largest absolute Gasteiger partial charge is 0.402 e. The first kappa shape index (κ1) is 14.1. The fourth-order valence-electron chi connectivity index (χ4n) is 1.62. The first-order chi connectivity index (χ1) is 8.93. The molecule has 0 bridgehead atoms. The summed E-state index contributed by atoms with van der Waals surface area (Å²) in [7, 11) is 0. The fourth-order valence-corrected chi connectivity index (χ4v) is 2.71. The molecule has 2 heterocycles. The number of nitrogens with zero attached hydrogens (tertiary/aromatic N) is 3. The first-order valence-corrected chi connectivity index (χ1v) is 6.60. The molecule has 2 atom stereocenters. The van der Waals surface area contributed by atoms with Crippen LogP contribution in [0.2, 0.25) is 0 Å². The van der Waals surface area contributed by atoms with Gasteiger partial charge >= 0.3 is 6.18 Å². The second kappa shape index (κ2) is 5.38. The minimum atomic E-state index is -4.37. The van der Waals surface area contributed by atoms with Crippen molar-refractivity contribution in [2.75, 3.05) is 0 Å². The lowest BCUT2D eigenvalue weighted by atomic mass is 10.1. The molecule has 0 saturated carbocycles. The Morgan fingerprint density at radius 2 is 2.11 bits per heavy atom. The van der Waals surface area contributed by atoms with E-state index in [9.17, 15) is 13.2 Å². The maximum absolute atomic E-state index is 13.0. The molecule has 2 unspecified atom stereocenters. The number of hydrogen-bond donors (Lipinski definition) is 1. The summed E-state index contributed by atoms with van der Waals surface area (Å²) in [5.74, 6) is 0. The van der Waals surface area contributed by atoms with Gasteiger partial charge in [0.1, 0.15) is 5.25 Å². The predicted octanol–water partition coefficient (Wildman–Crippen LogP) is 2.49. The molecule has 0 spiro atoms. The van der Waals surface area contributed by atoms with Gasteiger partial charge in [0.15, 0.2) is 10.8 Å². The monoisotopic (exact) mass is 290 g/mol. The molecule has 0 aromatic carbocycles. The van der Waals surface area contributed by atoms with Gasteiger partial charge in [-0.3, -0.25) is 4.40 Å². The Kier molecular flexibility index (Phi) is 4.00. The van der Waals surface area contributed by atoms with Gasteiger partial charge in [-0.1, -0.05) is 24.8 Å². The average molecular weight is 290 g/mol. The third-order valence-electron chi connectivity index (χ3n) is 2.70. The van der Waals surface area contributed by atoms with E-state index in [4.69, 9.17) is 5.73 Å². The molecule has 0 radical (unpaired) electrons. The first-order valence-electron chi connectivity index (χ1n) is 5.72. The normalized spacial score (nSPS) is 15.6. The van der Waals surface area contributed by atoms with Crippen molar-refractivity contribution in [1.29, 1.82) is 0 Å². The molecule has 0 saturated heterocycles. The van der Waals surface area contributed by atoms with Crippen molar-refractivity contribution in [1.82, 2.24) is 14.6 Å². The van der Waals surface area contributed by atoms with Gasteiger partial charge in [0, 0.05) is 12.2 Å². The smallest absolute Gasteiger partial charge is 0.326 e. The number of nitrogens with two attached hydrogens (primary N) is 1. The Bertz CT molecular complexity index is 554. The lowest BCUT2D eigenvalue weighted by Gasteiger charge is -2.23. The number of halogens is 3. The molecule has 0 aliphatic heterocycles. The van der Waals surface area contributed by atoms with Gasteiger partial charge in [-0.25, -0.2) is 0 Å². The number of aromatic nitrogens is 3. The number of alkyl halides is 3. The number of rotatable bonds is 4. The Hall–Kier alpha value is -1.28. The lowest BCUT2D eigenvalue weighted by Crippen LogP contribution is -2.42. The van der Waals surface area contributed by atoms with Crippen LogP contribution in [0.15, 0.2) is 29.6 Å². The van der Waals surface area contributed by atoms with Crippen molar-refractivity contribution >= 4 is 17.4 Å². The molecule has 0 amide bonds. The maximum Gasteiger partial charge on any atom is 0.402 e. The van der Waals surface area contributed by atoms with Crippen molar-refractivity contribution in [2.24, 2.45) is 5.73 Å². The van der Waals surface area contributed by atoms with Gasteiger partial charge in [0.25, 0.3) is 0 Å². The molecule has 2 aromatic heterocycles. The molecule has 4 nitrogen and oxygen atoms in total. The van der Waals surface area contributed by atoms with Crippen LogP contribution in [-0.4, -0.2) is 32.1 Å². The van der Waals surface area contributed by atoms with E-state index in [1.165, 1.54) is 4.40 Å². The molecule has 0 aliphatic rings.